The number of carbonyl (C=O) groups is 1. The molecular weight excluding hydrogens is 236 g/mol. The van der Waals surface area contributed by atoms with Crippen LogP contribution in [0.4, 0.5) is 5.13 Å². The van der Waals surface area contributed by atoms with Gasteiger partial charge in [-0.1, -0.05) is 11.3 Å². The van der Waals surface area contributed by atoms with E-state index in [1.165, 1.54) is 11.3 Å². The Hall–Kier alpha value is -1.61. The topological polar surface area (TPSA) is 83.0 Å². The van der Waals surface area contributed by atoms with Crippen LogP contribution in [0.3, 0.4) is 0 Å². The van der Waals surface area contributed by atoms with Crippen molar-refractivity contribution < 1.29 is 4.79 Å². The molecule has 2 N–H and O–H groups in total. The van der Waals surface area contributed by atoms with Crippen molar-refractivity contribution in [3.05, 3.63) is 10.6 Å². The molecule has 0 saturated heterocycles. The number of nitrogens with zero attached hydrogens (tertiary/aromatic N) is 3. The predicted molar refractivity (Wildman–Crippen MR) is 67.6 cm³/mol. The van der Waals surface area contributed by atoms with Gasteiger partial charge in [0.05, 0.1) is 17.7 Å². The molecule has 1 heterocycles. The van der Waals surface area contributed by atoms with Crippen LogP contribution in [0.5, 0.6) is 0 Å². The molecule has 0 aliphatic carbocycles. The zero-order valence-corrected chi connectivity index (χ0v) is 11.0. The molecule has 1 aromatic rings. The summed E-state index contributed by atoms with van der Waals surface area (Å²) in [7, 11) is 0. The van der Waals surface area contributed by atoms with E-state index >= 15 is 0 Å². The first-order chi connectivity index (χ1) is 7.99. The summed E-state index contributed by atoms with van der Waals surface area (Å²) in [5.74, 6) is -0.272. The van der Waals surface area contributed by atoms with E-state index < -0.39 is 0 Å². The van der Waals surface area contributed by atoms with Crippen molar-refractivity contribution >= 4 is 22.4 Å². The minimum absolute atomic E-state index is 0.0960. The quantitative estimate of drug-likeness (QED) is 0.883. The Morgan fingerprint density at radius 2 is 2.35 bits per heavy atom. The van der Waals surface area contributed by atoms with Crippen molar-refractivity contribution in [1.29, 1.82) is 5.26 Å². The van der Waals surface area contributed by atoms with Gasteiger partial charge in [-0.25, -0.2) is 4.98 Å². The zero-order chi connectivity index (χ0) is 13.0. The molecule has 0 aliphatic rings. The maximum absolute atomic E-state index is 12.2. The van der Waals surface area contributed by atoms with Gasteiger partial charge in [-0.2, -0.15) is 5.26 Å². The van der Waals surface area contributed by atoms with E-state index in [-0.39, 0.29) is 11.8 Å². The fourth-order valence-electron chi connectivity index (χ4n) is 1.49. The van der Waals surface area contributed by atoms with Gasteiger partial charge in [0.1, 0.15) is 4.88 Å². The Bertz CT molecular complexity index is 449. The fourth-order valence-corrected chi connectivity index (χ4v) is 2.29. The van der Waals surface area contributed by atoms with Gasteiger partial charge in [-0.05, 0) is 20.8 Å². The largest absolute Gasteiger partial charge is 0.375 e. The van der Waals surface area contributed by atoms with Crippen LogP contribution >= 0.6 is 11.3 Å². The lowest BCUT2D eigenvalue weighted by Gasteiger charge is -2.21. The van der Waals surface area contributed by atoms with Crippen molar-refractivity contribution in [1.82, 2.24) is 9.88 Å². The zero-order valence-electron chi connectivity index (χ0n) is 10.2. The number of nitriles is 1. The molecule has 1 unspecified atom stereocenters. The lowest BCUT2D eigenvalue weighted by Crippen LogP contribution is -2.34. The molecular formula is C11H16N4OS. The van der Waals surface area contributed by atoms with Crippen LogP contribution in [0, 0.1) is 24.2 Å². The number of thiazole rings is 1. The van der Waals surface area contributed by atoms with Gasteiger partial charge in [0.15, 0.2) is 5.13 Å². The summed E-state index contributed by atoms with van der Waals surface area (Å²) < 4.78 is 0. The molecule has 0 saturated carbocycles. The van der Waals surface area contributed by atoms with Crippen LogP contribution in [0.1, 0.15) is 29.2 Å². The molecule has 92 valence electrons. The standard InChI is InChI=1S/C11H16N4OS/c1-4-15(6-7(2)5-12)10(16)9-8(3)14-11(13)17-9/h7H,4,6H2,1-3H3,(H2,13,14). The highest BCUT2D eigenvalue weighted by molar-refractivity contribution is 7.17. The van der Waals surface area contributed by atoms with Crippen LogP contribution < -0.4 is 5.73 Å². The average molecular weight is 252 g/mol. The van der Waals surface area contributed by atoms with Crippen molar-refractivity contribution in [2.24, 2.45) is 5.92 Å². The van der Waals surface area contributed by atoms with E-state index in [0.717, 1.165) is 0 Å². The molecule has 0 bridgehead atoms. The lowest BCUT2D eigenvalue weighted by molar-refractivity contribution is 0.0756. The molecule has 5 nitrogen and oxygen atoms in total. The molecule has 0 aromatic carbocycles. The van der Waals surface area contributed by atoms with Crippen LogP contribution in [0.15, 0.2) is 0 Å². The van der Waals surface area contributed by atoms with E-state index in [1.807, 2.05) is 6.92 Å². The summed E-state index contributed by atoms with van der Waals surface area (Å²) in [4.78, 5) is 18.4. The van der Waals surface area contributed by atoms with Gasteiger partial charge in [0.2, 0.25) is 0 Å². The molecule has 17 heavy (non-hydrogen) atoms. The Kier molecular flexibility index (Phi) is 4.46. The number of carbonyl (C=O) groups excluding carboxylic acids is 1. The van der Waals surface area contributed by atoms with Crippen molar-refractivity contribution in [2.45, 2.75) is 20.8 Å². The third kappa shape index (κ3) is 3.17. The number of amides is 1. The van der Waals surface area contributed by atoms with Crippen LogP contribution in [-0.4, -0.2) is 28.9 Å². The predicted octanol–water partition coefficient (Wildman–Crippen LogP) is 1.66. The molecule has 0 radical (unpaired) electrons. The van der Waals surface area contributed by atoms with Gasteiger partial charge in [-0.15, -0.1) is 0 Å². The molecule has 0 fully saturated rings. The molecule has 1 atom stereocenters. The number of hydrogen-bond acceptors (Lipinski definition) is 5. The first-order valence-electron chi connectivity index (χ1n) is 5.41. The second-order valence-electron chi connectivity index (χ2n) is 3.84. The Labute approximate surface area is 105 Å². The van der Waals surface area contributed by atoms with Crippen LogP contribution in [-0.2, 0) is 0 Å². The summed E-state index contributed by atoms with van der Waals surface area (Å²) in [5.41, 5.74) is 6.22. The monoisotopic (exact) mass is 252 g/mol. The van der Waals surface area contributed by atoms with Crippen molar-refractivity contribution in [3.63, 3.8) is 0 Å². The van der Waals surface area contributed by atoms with Crippen molar-refractivity contribution in [3.8, 4) is 6.07 Å². The highest BCUT2D eigenvalue weighted by atomic mass is 32.1. The van der Waals surface area contributed by atoms with E-state index in [9.17, 15) is 4.79 Å². The number of nitrogen functional groups attached to an aromatic ring is 1. The van der Waals surface area contributed by atoms with E-state index in [0.29, 0.717) is 28.8 Å². The molecule has 6 heteroatoms. The first kappa shape index (κ1) is 13.5. The molecule has 0 spiro atoms. The summed E-state index contributed by atoms with van der Waals surface area (Å²) in [6.07, 6.45) is 0. The van der Waals surface area contributed by atoms with Gasteiger partial charge >= 0.3 is 0 Å². The molecule has 0 aliphatic heterocycles. The SMILES string of the molecule is CCN(CC(C)C#N)C(=O)c1sc(N)nc1C. The number of aryl methyl sites for hydroxylation is 1. The minimum atomic E-state index is -0.176. The Balaban J connectivity index is 2.87. The van der Waals surface area contributed by atoms with Gasteiger partial charge < -0.3 is 10.6 Å². The minimum Gasteiger partial charge on any atom is -0.375 e. The number of nitrogens with two attached hydrogens (primary N) is 1. The second kappa shape index (κ2) is 5.64. The molecule has 1 aromatic heterocycles. The number of rotatable bonds is 4. The smallest absolute Gasteiger partial charge is 0.265 e. The van der Waals surface area contributed by atoms with Crippen LogP contribution in [0.2, 0.25) is 0 Å². The summed E-state index contributed by atoms with van der Waals surface area (Å²) in [6.45, 7) is 6.46. The van der Waals surface area contributed by atoms with Gasteiger partial charge in [0, 0.05) is 13.1 Å². The summed E-state index contributed by atoms with van der Waals surface area (Å²) in [6, 6.07) is 2.13. The normalized spacial score (nSPS) is 11.9. The average Bonchev–Trinajstić information content (AvgIpc) is 2.64. The maximum atomic E-state index is 12.2. The Morgan fingerprint density at radius 1 is 1.71 bits per heavy atom. The van der Waals surface area contributed by atoms with Gasteiger partial charge in [-0.3, -0.25) is 4.79 Å². The second-order valence-corrected chi connectivity index (χ2v) is 4.87. The summed E-state index contributed by atoms with van der Waals surface area (Å²) >= 11 is 1.19. The number of anilines is 1. The number of hydrogen-bond donors (Lipinski definition) is 1. The highest BCUT2D eigenvalue weighted by Crippen LogP contribution is 2.21. The van der Waals surface area contributed by atoms with E-state index in [2.05, 4.69) is 11.1 Å². The van der Waals surface area contributed by atoms with E-state index in [4.69, 9.17) is 11.0 Å². The Morgan fingerprint density at radius 3 is 2.76 bits per heavy atom. The van der Waals surface area contributed by atoms with E-state index in [1.54, 1.807) is 18.7 Å². The summed E-state index contributed by atoms with van der Waals surface area (Å²) in [5, 5.41) is 9.17. The fraction of sp³-hybridized carbons (Fsp3) is 0.545. The highest BCUT2D eigenvalue weighted by Gasteiger charge is 2.21. The third-order valence-corrected chi connectivity index (χ3v) is 3.37. The third-order valence-electron chi connectivity index (χ3n) is 2.39. The maximum Gasteiger partial charge on any atom is 0.265 e. The molecule has 1 rings (SSSR count). The van der Waals surface area contributed by atoms with Crippen LogP contribution in [0.25, 0.3) is 0 Å². The first-order valence-corrected chi connectivity index (χ1v) is 6.23. The van der Waals surface area contributed by atoms with Crippen molar-refractivity contribution in [2.75, 3.05) is 18.8 Å². The van der Waals surface area contributed by atoms with Gasteiger partial charge in [0.25, 0.3) is 5.91 Å². The number of aromatic nitrogens is 1. The lowest BCUT2D eigenvalue weighted by atomic mass is 10.2. The molecule has 1 amide bonds.